The molecule has 1 saturated heterocycles. The predicted octanol–water partition coefficient (Wildman–Crippen LogP) is 4.75. The molecule has 0 unspecified atom stereocenters. The number of piperidine rings is 1. The van der Waals surface area contributed by atoms with Gasteiger partial charge in [0.2, 0.25) is 5.78 Å². The maximum Gasteiger partial charge on any atom is 0.232 e. The first-order chi connectivity index (χ1) is 12.5. The van der Waals surface area contributed by atoms with Crippen LogP contribution in [0.2, 0.25) is 0 Å². The van der Waals surface area contributed by atoms with Crippen LogP contribution in [-0.4, -0.2) is 28.4 Å². The third-order valence-electron chi connectivity index (χ3n) is 5.38. The lowest BCUT2D eigenvalue weighted by atomic mass is 10.0. The van der Waals surface area contributed by atoms with Crippen LogP contribution in [0.15, 0.2) is 29.3 Å². The summed E-state index contributed by atoms with van der Waals surface area (Å²) in [5.74, 6) is 0.945. The van der Waals surface area contributed by atoms with E-state index in [4.69, 9.17) is 4.74 Å². The van der Waals surface area contributed by atoms with Gasteiger partial charge in [0.1, 0.15) is 11.5 Å². The number of aromatic hydroxyl groups is 1. The molecule has 0 spiro atoms. The van der Waals surface area contributed by atoms with Gasteiger partial charge in [-0.15, -0.1) is 11.3 Å². The third kappa shape index (κ3) is 3.06. The molecule has 0 radical (unpaired) electrons. The van der Waals surface area contributed by atoms with Crippen molar-refractivity contribution in [1.82, 2.24) is 4.90 Å². The number of ketones is 1. The molecule has 1 fully saturated rings. The highest BCUT2D eigenvalue weighted by atomic mass is 32.1. The minimum Gasteiger partial charge on any atom is -0.507 e. The predicted molar refractivity (Wildman–Crippen MR) is 104 cm³/mol. The lowest BCUT2D eigenvalue weighted by Gasteiger charge is -2.33. The molecule has 5 heteroatoms. The molecule has 4 nitrogen and oxygen atoms in total. The van der Waals surface area contributed by atoms with Crippen LogP contribution in [0, 0.1) is 6.92 Å². The van der Waals surface area contributed by atoms with Crippen LogP contribution in [0.5, 0.6) is 11.5 Å². The van der Waals surface area contributed by atoms with Gasteiger partial charge in [-0.05, 0) is 62.4 Å². The largest absolute Gasteiger partial charge is 0.507 e. The smallest absolute Gasteiger partial charge is 0.232 e. The molecule has 1 aromatic heterocycles. The lowest BCUT2D eigenvalue weighted by molar-refractivity contribution is 0.101. The molecular weight excluding hydrogens is 346 g/mol. The second-order valence-electron chi connectivity index (χ2n) is 7.16. The average molecular weight is 369 g/mol. The average Bonchev–Trinajstić information content (AvgIpc) is 3.16. The Balaban J connectivity index is 1.67. The Hall–Kier alpha value is -2.11. The lowest BCUT2D eigenvalue weighted by Crippen LogP contribution is -2.36. The van der Waals surface area contributed by atoms with E-state index < -0.39 is 0 Å². The van der Waals surface area contributed by atoms with Crippen LogP contribution < -0.4 is 4.74 Å². The Kier molecular flexibility index (Phi) is 4.59. The van der Waals surface area contributed by atoms with Crippen LogP contribution in [-0.2, 0) is 6.54 Å². The number of aryl methyl sites for hydroxylation is 1. The van der Waals surface area contributed by atoms with Crippen molar-refractivity contribution in [1.29, 1.82) is 0 Å². The fraction of sp³-hybridized carbons (Fsp3) is 0.381. The van der Waals surface area contributed by atoms with Gasteiger partial charge in [-0.2, -0.15) is 0 Å². The summed E-state index contributed by atoms with van der Waals surface area (Å²) in [6.45, 7) is 5.85. The first-order valence-electron chi connectivity index (χ1n) is 9.12. The number of phenols is 1. The zero-order valence-electron chi connectivity index (χ0n) is 15.1. The number of likely N-dealkylation sites (tertiary alicyclic amines) is 1. The number of carbonyl (C=O) groups excluding carboxylic acids is 1. The number of rotatable bonds is 3. The van der Waals surface area contributed by atoms with Crippen LogP contribution in [0.3, 0.4) is 0 Å². The van der Waals surface area contributed by atoms with Crippen LogP contribution in [0.4, 0.5) is 0 Å². The van der Waals surface area contributed by atoms with E-state index in [1.807, 2.05) is 24.4 Å². The minimum atomic E-state index is -0.110. The highest BCUT2D eigenvalue weighted by molar-refractivity contribution is 7.11. The van der Waals surface area contributed by atoms with E-state index in [1.54, 1.807) is 23.5 Å². The number of carbonyl (C=O) groups is 1. The number of phenolic OH excluding ortho intramolecular Hbond substituents is 1. The van der Waals surface area contributed by atoms with Gasteiger partial charge in [-0.25, -0.2) is 0 Å². The Morgan fingerprint density at radius 1 is 1.35 bits per heavy atom. The zero-order chi connectivity index (χ0) is 18.3. The van der Waals surface area contributed by atoms with Gasteiger partial charge in [0.15, 0.2) is 5.76 Å². The molecule has 0 bridgehead atoms. The summed E-state index contributed by atoms with van der Waals surface area (Å²) in [6, 6.07) is 5.78. The minimum absolute atomic E-state index is 0.110. The van der Waals surface area contributed by atoms with Crippen molar-refractivity contribution in [3.05, 3.63) is 50.9 Å². The molecule has 0 aliphatic carbocycles. The summed E-state index contributed by atoms with van der Waals surface area (Å²) in [4.78, 5) is 16.2. The highest BCUT2D eigenvalue weighted by Crippen LogP contribution is 2.41. The summed E-state index contributed by atoms with van der Waals surface area (Å²) in [5.41, 5.74) is 2.39. The van der Waals surface area contributed by atoms with Crippen molar-refractivity contribution in [2.45, 2.75) is 45.7 Å². The summed E-state index contributed by atoms with van der Waals surface area (Å²) in [6.07, 6.45) is 5.40. The number of ether oxygens (including phenoxy) is 1. The first kappa shape index (κ1) is 17.3. The number of thiophene rings is 1. The van der Waals surface area contributed by atoms with Crippen molar-refractivity contribution >= 4 is 23.2 Å². The fourth-order valence-corrected chi connectivity index (χ4v) is 4.54. The first-order valence-corrected chi connectivity index (χ1v) is 10.00. The van der Waals surface area contributed by atoms with E-state index in [2.05, 4.69) is 11.8 Å². The zero-order valence-corrected chi connectivity index (χ0v) is 15.9. The number of fused-ring (bicyclic) bond motifs is 1. The van der Waals surface area contributed by atoms with Crippen molar-refractivity contribution in [2.24, 2.45) is 0 Å². The number of hydrogen-bond acceptors (Lipinski definition) is 5. The van der Waals surface area contributed by atoms with Crippen LogP contribution in [0.25, 0.3) is 6.08 Å². The number of allylic oxidation sites excluding steroid dienone is 1. The molecule has 0 amide bonds. The SMILES string of the molecule is Cc1ccsc1C=C1Oc2c(ccc(O)c2CN2CCCC[C@@H]2C)C1=O. The van der Waals surface area contributed by atoms with E-state index in [-0.39, 0.29) is 11.5 Å². The molecule has 2 aliphatic heterocycles. The number of Topliss-reactive ketones (excluding diaryl/α,β-unsaturated/α-hetero) is 1. The molecule has 2 aromatic rings. The van der Waals surface area contributed by atoms with E-state index in [0.717, 1.165) is 22.5 Å². The maximum absolute atomic E-state index is 12.8. The van der Waals surface area contributed by atoms with E-state index in [9.17, 15) is 9.90 Å². The molecule has 136 valence electrons. The standard InChI is InChI=1S/C21H23NO3S/c1-13-8-10-26-19(13)11-18-20(24)15-6-7-17(23)16(21(15)25-18)12-22-9-4-3-5-14(22)2/h6-8,10-11,14,23H,3-5,9,12H2,1-2H3/t14-/m0/s1. The van der Waals surface area contributed by atoms with Gasteiger partial charge in [-0.1, -0.05) is 6.42 Å². The normalized spacial score (nSPS) is 21.8. The van der Waals surface area contributed by atoms with Gasteiger partial charge in [0, 0.05) is 23.5 Å². The second kappa shape index (κ2) is 6.89. The summed E-state index contributed by atoms with van der Waals surface area (Å²) >= 11 is 1.59. The number of hydrogen-bond donors (Lipinski definition) is 1. The summed E-state index contributed by atoms with van der Waals surface area (Å²) in [7, 11) is 0. The second-order valence-corrected chi connectivity index (χ2v) is 8.11. The quantitative estimate of drug-likeness (QED) is 0.793. The number of benzene rings is 1. The third-order valence-corrected chi connectivity index (χ3v) is 6.35. The Bertz CT molecular complexity index is 883. The summed E-state index contributed by atoms with van der Waals surface area (Å²) in [5, 5.41) is 12.4. The summed E-state index contributed by atoms with van der Waals surface area (Å²) < 4.78 is 5.97. The molecule has 2 aliphatic rings. The van der Waals surface area contributed by atoms with Crippen molar-refractivity contribution in [3.8, 4) is 11.5 Å². The van der Waals surface area contributed by atoms with Crippen molar-refractivity contribution in [3.63, 3.8) is 0 Å². The van der Waals surface area contributed by atoms with Gasteiger partial charge in [0.05, 0.1) is 11.1 Å². The van der Waals surface area contributed by atoms with Crippen molar-refractivity contribution < 1.29 is 14.6 Å². The monoisotopic (exact) mass is 369 g/mol. The molecule has 0 saturated carbocycles. The fourth-order valence-electron chi connectivity index (χ4n) is 3.70. The molecule has 26 heavy (non-hydrogen) atoms. The highest BCUT2D eigenvalue weighted by Gasteiger charge is 2.32. The topological polar surface area (TPSA) is 49.8 Å². The van der Waals surface area contributed by atoms with Crippen LogP contribution in [0.1, 0.15) is 52.5 Å². The Morgan fingerprint density at radius 3 is 2.92 bits per heavy atom. The maximum atomic E-state index is 12.8. The van der Waals surface area contributed by atoms with E-state index in [1.165, 1.54) is 19.3 Å². The van der Waals surface area contributed by atoms with Gasteiger partial charge < -0.3 is 9.84 Å². The molecule has 4 rings (SSSR count). The van der Waals surface area contributed by atoms with Crippen LogP contribution >= 0.6 is 11.3 Å². The Labute approximate surface area is 157 Å². The Morgan fingerprint density at radius 2 is 2.19 bits per heavy atom. The molecule has 1 aromatic carbocycles. The van der Waals surface area contributed by atoms with E-state index >= 15 is 0 Å². The van der Waals surface area contributed by atoms with Gasteiger partial charge >= 0.3 is 0 Å². The van der Waals surface area contributed by atoms with Crippen molar-refractivity contribution in [2.75, 3.05) is 6.54 Å². The van der Waals surface area contributed by atoms with E-state index in [0.29, 0.717) is 29.7 Å². The molecule has 1 atom stereocenters. The molecule has 1 N–H and O–H groups in total. The van der Waals surface area contributed by atoms with Gasteiger partial charge in [0.25, 0.3) is 0 Å². The number of nitrogens with zero attached hydrogens (tertiary/aromatic N) is 1. The molecule has 3 heterocycles. The van der Waals surface area contributed by atoms with Gasteiger partial charge in [-0.3, -0.25) is 9.69 Å². The molecular formula is C21H23NO3S.